The van der Waals surface area contributed by atoms with E-state index in [9.17, 15) is 0 Å². The van der Waals surface area contributed by atoms with E-state index in [2.05, 4.69) is 16.0 Å². The van der Waals surface area contributed by atoms with Crippen molar-refractivity contribution in [3.05, 3.63) is 60.7 Å². The van der Waals surface area contributed by atoms with Crippen molar-refractivity contribution in [2.75, 3.05) is 0 Å². The molecular weight excluding hydrogens is 183 g/mol. The van der Waals surface area contributed by atoms with Gasteiger partial charge in [-0.05, 0) is 24.3 Å². The number of hydrogen-bond donors (Lipinski definition) is 0. The molecular formula is C13H10N2. The molecule has 0 unspecified atom stereocenters. The van der Waals surface area contributed by atoms with Crippen molar-refractivity contribution in [3.8, 4) is 0 Å². The van der Waals surface area contributed by atoms with Gasteiger partial charge in [0.15, 0.2) is 0 Å². The fraction of sp³-hybridized carbons (Fsp3) is 0. The number of para-hydroxylation sites is 2. The third kappa shape index (κ3) is 2.90. The summed E-state index contributed by atoms with van der Waals surface area (Å²) in [5.41, 5.74) is 1.72. The molecule has 2 nitrogen and oxygen atoms in total. The SMILES string of the molecule is c1ccc(N=[11C]=Nc2ccccc2)cc1. The van der Waals surface area contributed by atoms with Gasteiger partial charge < -0.3 is 0 Å². The first-order valence-corrected chi connectivity index (χ1v) is 4.72. The lowest BCUT2D eigenvalue weighted by Gasteiger charge is -1.87. The summed E-state index contributed by atoms with van der Waals surface area (Å²) < 4.78 is 0. The van der Waals surface area contributed by atoms with Crippen LogP contribution in [0.5, 0.6) is 0 Å². The van der Waals surface area contributed by atoms with Crippen LogP contribution in [-0.2, 0) is 0 Å². The Hall–Kier alpha value is -2.18. The normalized spacial score (nSPS) is 9.07. The standard InChI is InChI=1S/C13H10N2/c1-3-7-12(8-4-1)14-11-15-13-9-5-2-6-10-13/h1-10H/i11-1. The highest BCUT2D eigenvalue weighted by Gasteiger charge is 1.83. The molecule has 0 amide bonds. The van der Waals surface area contributed by atoms with Gasteiger partial charge in [0.1, 0.15) is 6.01 Å². The van der Waals surface area contributed by atoms with E-state index >= 15 is 0 Å². The molecule has 0 aliphatic rings. The van der Waals surface area contributed by atoms with Crippen LogP contribution in [0.15, 0.2) is 70.6 Å². The fourth-order valence-electron chi connectivity index (χ4n) is 1.15. The Labute approximate surface area is 88.6 Å². The van der Waals surface area contributed by atoms with Crippen LogP contribution in [0.25, 0.3) is 0 Å². The molecule has 0 saturated carbocycles. The fourth-order valence-corrected chi connectivity index (χ4v) is 1.15. The van der Waals surface area contributed by atoms with Crippen LogP contribution in [-0.4, -0.2) is 6.01 Å². The monoisotopic (exact) mass is 193 g/mol. The van der Waals surface area contributed by atoms with Crippen LogP contribution >= 0.6 is 0 Å². The molecule has 0 aliphatic carbocycles. The predicted octanol–water partition coefficient (Wildman–Crippen LogP) is 3.82. The van der Waals surface area contributed by atoms with Crippen molar-refractivity contribution in [3.63, 3.8) is 0 Å². The third-order valence-electron chi connectivity index (χ3n) is 1.87. The van der Waals surface area contributed by atoms with Gasteiger partial charge in [-0.3, -0.25) is 0 Å². The summed E-state index contributed by atoms with van der Waals surface area (Å²) in [5.74, 6) is 0. The zero-order chi connectivity index (χ0) is 10.3. The van der Waals surface area contributed by atoms with E-state index in [0.717, 1.165) is 11.4 Å². The summed E-state index contributed by atoms with van der Waals surface area (Å²) in [6.45, 7) is 0. The van der Waals surface area contributed by atoms with Crippen molar-refractivity contribution >= 4 is 17.4 Å². The van der Waals surface area contributed by atoms with E-state index in [1.54, 1.807) is 0 Å². The molecule has 0 bridgehead atoms. The minimum absolute atomic E-state index is 0.859. The van der Waals surface area contributed by atoms with Crippen LogP contribution in [0.4, 0.5) is 11.4 Å². The molecule has 72 valence electrons. The number of aliphatic imine (C=N–C) groups is 2. The highest BCUT2D eigenvalue weighted by atomic mass is 14.7. The van der Waals surface area contributed by atoms with E-state index in [-0.39, 0.29) is 0 Å². The van der Waals surface area contributed by atoms with Gasteiger partial charge in [0, 0.05) is 0 Å². The van der Waals surface area contributed by atoms with Gasteiger partial charge in [-0.2, -0.15) is 9.98 Å². The molecule has 15 heavy (non-hydrogen) atoms. The zero-order valence-corrected chi connectivity index (χ0v) is 8.17. The molecule has 2 aromatic carbocycles. The van der Waals surface area contributed by atoms with Gasteiger partial charge in [0.2, 0.25) is 0 Å². The Morgan fingerprint density at radius 2 is 1.00 bits per heavy atom. The summed E-state index contributed by atoms with van der Waals surface area (Å²) in [4.78, 5) is 8.17. The topological polar surface area (TPSA) is 24.7 Å². The molecule has 0 aliphatic heterocycles. The van der Waals surface area contributed by atoms with Crippen LogP contribution in [0.1, 0.15) is 0 Å². The molecule has 2 rings (SSSR count). The highest BCUT2D eigenvalue weighted by molar-refractivity contribution is 5.57. The van der Waals surface area contributed by atoms with Crippen LogP contribution in [0.3, 0.4) is 0 Å². The maximum Gasteiger partial charge on any atom is 0.100 e. The number of hydrogen-bond acceptors (Lipinski definition) is 2. The second-order valence-electron chi connectivity index (χ2n) is 2.99. The zero-order valence-electron chi connectivity index (χ0n) is 8.17. The second kappa shape index (κ2) is 4.89. The molecule has 0 aromatic heterocycles. The lowest BCUT2D eigenvalue weighted by atomic mass is 10.3. The van der Waals surface area contributed by atoms with Gasteiger partial charge in [0.25, 0.3) is 0 Å². The number of benzene rings is 2. The lowest BCUT2D eigenvalue weighted by Crippen LogP contribution is -1.63. The molecule has 0 fully saturated rings. The molecule has 0 heterocycles. The van der Waals surface area contributed by atoms with Gasteiger partial charge >= 0.3 is 0 Å². The maximum absolute atomic E-state index is 4.08. The summed E-state index contributed by atoms with van der Waals surface area (Å²) in [5, 5.41) is 0. The van der Waals surface area contributed by atoms with Gasteiger partial charge in [-0.1, -0.05) is 36.4 Å². The van der Waals surface area contributed by atoms with Gasteiger partial charge in [0.05, 0.1) is 11.4 Å². The number of rotatable bonds is 2. The minimum Gasteiger partial charge on any atom is -0.188 e. The van der Waals surface area contributed by atoms with Crippen LogP contribution < -0.4 is 0 Å². The van der Waals surface area contributed by atoms with E-state index in [0.29, 0.717) is 0 Å². The first-order valence-electron chi connectivity index (χ1n) is 4.72. The van der Waals surface area contributed by atoms with E-state index in [4.69, 9.17) is 0 Å². The maximum atomic E-state index is 4.08. The van der Waals surface area contributed by atoms with Crippen LogP contribution in [0, 0.1) is 0 Å². The highest BCUT2D eigenvalue weighted by Crippen LogP contribution is 2.10. The Morgan fingerprint density at radius 1 is 0.600 bits per heavy atom. The molecule has 0 atom stereocenters. The van der Waals surface area contributed by atoms with E-state index < -0.39 is 0 Å². The molecule has 0 radical (unpaired) electrons. The Bertz CT molecular complexity index is 425. The molecule has 0 N–H and O–H groups in total. The minimum atomic E-state index is 0.859. The third-order valence-corrected chi connectivity index (χ3v) is 1.87. The van der Waals surface area contributed by atoms with Crippen molar-refractivity contribution in [2.24, 2.45) is 9.98 Å². The summed E-state index contributed by atoms with van der Waals surface area (Å²) >= 11 is 0. The van der Waals surface area contributed by atoms with Crippen molar-refractivity contribution in [1.82, 2.24) is 0 Å². The molecule has 0 saturated heterocycles. The van der Waals surface area contributed by atoms with Gasteiger partial charge in [-0.25, -0.2) is 0 Å². The smallest absolute Gasteiger partial charge is 0.100 e. The summed E-state index contributed by atoms with van der Waals surface area (Å²) in [6, 6.07) is 21.9. The first-order chi connectivity index (χ1) is 7.45. The Kier molecular flexibility index (Phi) is 3.06. The number of nitrogens with zero attached hydrogens (tertiary/aromatic N) is 2. The molecule has 2 heteroatoms. The van der Waals surface area contributed by atoms with Crippen LogP contribution in [0.2, 0.25) is 0 Å². The van der Waals surface area contributed by atoms with E-state index in [1.165, 1.54) is 0 Å². The predicted molar refractivity (Wildman–Crippen MR) is 62.1 cm³/mol. The van der Waals surface area contributed by atoms with Gasteiger partial charge in [-0.15, -0.1) is 0 Å². The quantitative estimate of drug-likeness (QED) is 0.648. The second-order valence-corrected chi connectivity index (χ2v) is 2.99. The molecule has 2 aromatic rings. The largest absolute Gasteiger partial charge is 0.188 e. The molecule has 0 spiro atoms. The van der Waals surface area contributed by atoms with E-state index in [1.807, 2.05) is 60.7 Å². The van der Waals surface area contributed by atoms with Crippen molar-refractivity contribution < 1.29 is 0 Å². The average molecular weight is 193 g/mol. The lowest BCUT2D eigenvalue weighted by molar-refractivity contribution is 1.49. The van der Waals surface area contributed by atoms with Crippen molar-refractivity contribution in [1.29, 1.82) is 0 Å². The summed E-state index contributed by atoms with van der Waals surface area (Å²) in [7, 11) is 0. The van der Waals surface area contributed by atoms with Crippen molar-refractivity contribution in [2.45, 2.75) is 0 Å². The first kappa shape index (κ1) is 9.38. The Morgan fingerprint density at radius 3 is 1.40 bits per heavy atom. The Balaban J connectivity index is 2.16. The average Bonchev–Trinajstić information content (AvgIpc) is 2.32. The summed E-state index contributed by atoms with van der Waals surface area (Å²) in [6.07, 6.45) is 0.